The summed E-state index contributed by atoms with van der Waals surface area (Å²) in [6.45, 7) is 0. The maximum absolute atomic E-state index is 6.34. The first-order valence-corrected chi connectivity index (χ1v) is 6.97. The maximum Gasteiger partial charge on any atom is 0.189 e. The molecule has 2 aliphatic rings. The third kappa shape index (κ3) is 1.35. The van der Waals surface area contributed by atoms with Crippen LogP contribution >= 0.6 is 11.3 Å². The van der Waals surface area contributed by atoms with Crippen molar-refractivity contribution < 1.29 is 0 Å². The SMILES string of the molecule is NC1C2CCC(C2)C1c1nc2nccnc2s1. The van der Waals surface area contributed by atoms with Crippen molar-refractivity contribution in [1.29, 1.82) is 0 Å². The fourth-order valence-corrected chi connectivity index (χ4v) is 4.66. The molecule has 4 atom stereocenters. The van der Waals surface area contributed by atoms with Gasteiger partial charge in [0.05, 0.1) is 0 Å². The molecule has 2 saturated carbocycles. The number of hydrogen-bond acceptors (Lipinski definition) is 5. The molecular weight excluding hydrogens is 232 g/mol. The van der Waals surface area contributed by atoms with Crippen LogP contribution in [0.15, 0.2) is 12.4 Å². The molecule has 2 aromatic rings. The number of nitrogens with zero attached hydrogens (tertiary/aromatic N) is 3. The summed E-state index contributed by atoms with van der Waals surface area (Å²) in [5, 5.41) is 1.16. The van der Waals surface area contributed by atoms with Gasteiger partial charge in [0, 0.05) is 24.4 Å². The Bertz CT molecular complexity index is 531. The van der Waals surface area contributed by atoms with E-state index in [0.717, 1.165) is 27.3 Å². The molecule has 4 unspecified atom stereocenters. The van der Waals surface area contributed by atoms with Gasteiger partial charge >= 0.3 is 0 Å². The van der Waals surface area contributed by atoms with Gasteiger partial charge in [0.15, 0.2) is 10.5 Å². The monoisotopic (exact) mass is 246 g/mol. The summed E-state index contributed by atoms with van der Waals surface area (Å²) in [4.78, 5) is 14.1. The molecule has 2 bridgehead atoms. The number of fused-ring (bicyclic) bond motifs is 3. The Morgan fingerprint density at radius 3 is 2.76 bits per heavy atom. The highest BCUT2D eigenvalue weighted by molar-refractivity contribution is 7.18. The highest BCUT2D eigenvalue weighted by atomic mass is 32.1. The zero-order chi connectivity index (χ0) is 11.4. The van der Waals surface area contributed by atoms with Crippen molar-refractivity contribution in [3.8, 4) is 0 Å². The van der Waals surface area contributed by atoms with Crippen LogP contribution in [-0.4, -0.2) is 21.0 Å². The molecule has 2 aromatic heterocycles. The van der Waals surface area contributed by atoms with Crippen LogP contribution in [0.4, 0.5) is 0 Å². The van der Waals surface area contributed by atoms with Gasteiger partial charge in [-0.1, -0.05) is 11.3 Å². The van der Waals surface area contributed by atoms with Crippen LogP contribution < -0.4 is 5.73 Å². The number of aromatic nitrogens is 3. The van der Waals surface area contributed by atoms with Crippen LogP contribution in [0.2, 0.25) is 0 Å². The van der Waals surface area contributed by atoms with Crippen molar-refractivity contribution in [3.05, 3.63) is 17.4 Å². The van der Waals surface area contributed by atoms with Gasteiger partial charge in [0.25, 0.3) is 0 Å². The summed E-state index contributed by atoms with van der Waals surface area (Å²) in [6.07, 6.45) is 7.35. The molecule has 0 spiro atoms. The van der Waals surface area contributed by atoms with Crippen LogP contribution in [-0.2, 0) is 0 Å². The van der Waals surface area contributed by atoms with Crippen molar-refractivity contribution in [2.45, 2.75) is 31.2 Å². The van der Waals surface area contributed by atoms with E-state index in [9.17, 15) is 0 Å². The quantitative estimate of drug-likeness (QED) is 0.835. The lowest BCUT2D eigenvalue weighted by molar-refractivity contribution is 0.365. The predicted molar refractivity (Wildman–Crippen MR) is 66.8 cm³/mol. The van der Waals surface area contributed by atoms with E-state index >= 15 is 0 Å². The average molecular weight is 246 g/mol. The third-order valence-electron chi connectivity index (χ3n) is 4.33. The zero-order valence-electron chi connectivity index (χ0n) is 9.41. The molecule has 88 valence electrons. The minimum atomic E-state index is 0.300. The summed E-state index contributed by atoms with van der Waals surface area (Å²) < 4.78 is 0. The lowest BCUT2D eigenvalue weighted by atomic mass is 9.85. The molecule has 2 N–H and O–H groups in total. The second-order valence-corrected chi connectivity index (χ2v) is 6.18. The van der Waals surface area contributed by atoms with E-state index < -0.39 is 0 Å². The number of thiazole rings is 1. The standard InChI is InChI=1S/C12H14N4S/c13-9-7-2-1-6(5-7)8(9)11-16-10-12(17-11)15-4-3-14-10/h3-4,6-9H,1-2,5,13H2. The van der Waals surface area contributed by atoms with Gasteiger partial charge < -0.3 is 5.73 Å². The Morgan fingerprint density at radius 1 is 1.18 bits per heavy atom. The van der Waals surface area contributed by atoms with Gasteiger partial charge in [-0.05, 0) is 31.1 Å². The minimum Gasteiger partial charge on any atom is -0.327 e. The lowest BCUT2D eigenvalue weighted by Crippen LogP contribution is -2.33. The van der Waals surface area contributed by atoms with Crippen LogP contribution in [0.3, 0.4) is 0 Å². The van der Waals surface area contributed by atoms with Crippen molar-refractivity contribution in [1.82, 2.24) is 15.0 Å². The van der Waals surface area contributed by atoms with Crippen LogP contribution in [0.5, 0.6) is 0 Å². The van der Waals surface area contributed by atoms with Crippen molar-refractivity contribution in [2.24, 2.45) is 17.6 Å². The molecule has 0 radical (unpaired) electrons. The van der Waals surface area contributed by atoms with Crippen molar-refractivity contribution in [2.75, 3.05) is 0 Å². The molecule has 2 fully saturated rings. The molecule has 5 heteroatoms. The molecule has 0 aliphatic heterocycles. The smallest absolute Gasteiger partial charge is 0.189 e. The predicted octanol–water partition coefficient (Wildman–Crippen LogP) is 1.93. The molecular formula is C12H14N4S. The minimum absolute atomic E-state index is 0.300. The fraction of sp³-hybridized carbons (Fsp3) is 0.583. The summed E-state index contributed by atoms with van der Waals surface area (Å²) >= 11 is 1.67. The van der Waals surface area contributed by atoms with Crippen molar-refractivity contribution >= 4 is 21.8 Å². The van der Waals surface area contributed by atoms with Crippen LogP contribution in [0.25, 0.3) is 10.5 Å². The highest BCUT2D eigenvalue weighted by Crippen LogP contribution is 2.52. The molecule has 0 aromatic carbocycles. The Kier molecular flexibility index (Phi) is 2.02. The average Bonchev–Trinajstić information content (AvgIpc) is 3.00. The Balaban J connectivity index is 1.79. The van der Waals surface area contributed by atoms with Crippen LogP contribution in [0, 0.1) is 11.8 Å². The topological polar surface area (TPSA) is 64.7 Å². The molecule has 4 nitrogen and oxygen atoms in total. The molecule has 0 amide bonds. The highest BCUT2D eigenvalue weighted by Gasteiger charge is 2.47. The van der Waals surface area contributed by atoms with Gasteiger partial charge in [0.1, 0.15) is 5.01 Å². The fourth-order valence-electron chi connectivity index (χ4n) is 3.54. The number of rotatable bonds is 1. The third-order valence-corrected chi connectivity index (χ3v) is 5.38. The first-order valence-electron chi connectivity index (χ1n) is 6.16. The van der Waals surface area contributed by atoms with Gasteiger partial charge in [0.2, 0.25) is 0 Å². The van der Waals surface area contributed by atoms with Crippen LogP contribution in [0.1, 0.15) is 30.2 Å². The Labute approximate surface area is 103 Å². The van der Waals surface area contributed by atoms with Gasteiger partial charge in [-0.3, -0.25) is 0 Å². The lowest BCUT2D eigenvalue weighted by Gasteiger charge is -2.25. The summed E-state index contributed by atoms with van der Waals surface area (Å²) in [5.74, 6) is 1.92. The molecule has 4 rings (SSSR count). The number of hydrogen-bond donors (Lipinski definition) is 1. The van der Waals surface area contributed by atoms with E-state index in [4.69, 9.17) is 5.73 Å². The summed E-state index contributed by atoms with van der Waals surface area (Å²) in [6, 6.07) is 0.300. The first-order chi connectivity index (χ1) is 8.33. The second kappa shape index (κ2) is 3.46. The Morgan fingerprint density at radius 2 is 2.00 bits per heavy atom. The van der Waals surface area contributed by atoms with E-state index in [1.54, 1.807) is 23.7 Å². The number of nitrogens with two attached hydrogens (primary N) is 1. The van der Waals surface area contributed by atoms with E-state index in [1.807, 2.05) is 0 Å². The summed E-state index contributed by atoms with van der Waals surface area (Å²) in [7, 11) is 0. The molecule has 2 heterocycles. The summed E-state index contributed by atoms with van der Waals surface area (Å²) in [5.41, 5.74) is 7.12. The maximum atomic E-state index is 6.34. The first kappa shape index (κ1) is 9.91. The second-order valence-electron chi connectivity index (χ2n) is 5.17. The molecule has 0 saturated heterocycles. The Hall–Kier alpha value is -1.07. The van der Waals surface area contributed by atoms with Gasteiger partial charge in [-0.25, -0.2) is 15.0 Å². The van der Waals surface area contributed by atoms with Gasteiger partial charge in [-0.2, -0.15) is 0 Å². The molecule has 2 aliphatic carbocycles. The molecule has 17 heavy (non-hydrogen) atoms. The normalized spacial score (nSPS) is 35.8. The largest absolute Gasteiger partial charge is 0.327 e. The van der Waals surface area contributed by atoms with E-state index in [1.165, 1.54) is 19.3 Å². The van der Waals surface area contributed by atoms with Gasteiger partial charge in [-0.15, -0.1) is 0 Å². The van der Waals surface area contributed by atoms with E-state index in [0.29, 0.717) is 12.0 Å². The van der Waals surface area contributed by atoms with E-state index in [2.05, 4.69) is 15.0 Å². The van der Waals surface area contributed by atoms with E-state index in [-0.39, 0.29) is 0 Å². The van der Waals surface area contributed by atoms with Crippen molar-refractivity contribution in [3.63, 3.8) is 0 Å². The zero-order valence-corrected chi connectivity index (χ0v) is 10.2.